The predicted molar refractivity (Wildman–Crippen MR) is 146 cm³/mol. The van der Waals surface area contributed by atoms with Gasteiger partial charge < -0.3 is 14.4 Å². The van der Waals surface area contributed by atoms with Crippen molar-refractivity contribution >= 4 is 40.1 Å². The van der Waals surface area contributed by atoms with Crippen LogP contribution in [0, 0.1) is 0 Å². The summed E-state index contributed by atoms with van der Waals surface area (Å²) in [5.41, 5.74) is 6.94. The number of para-hydroxylation sites is 2. The molecule has 0 spiro atoms. The molecule has 0 amide bonds. The van der Waals surface area contributed by atoms with E-state index in [1.807, 2.05) is 54.6 Å². The first kappa shape index (κ1) is 22.3. The Bertz CT molecular complexity index is 1710. The molecule has 0 radical (unpaired) electrons. The fourth-order valence-corrected chi connectivity index (χ4v) is 5.71. The summed E-state index contributed by atoms with van der Waals surface area (Å²) in [6, 6.07) is 33.7. The molecule has 0 saturated heterocycles. The monoisotopic (exact) mass is 497 g/mol. The molecular formula is C33H23NO4. The van der Waals surface area contributed by atoms with Crippen LogP contribution in [0.2, 0.25) is 0 Å². The normalized spacial score (nSPS) is 17.2. The van der Waals surface area contributed by atoms with Crippen molar-refractivity contribution in [3.05, 3.63) is 137 Å². The third kappa shape index (κ3) is 3.12. The third-order valence-corrected chi connectivity index (χ3v) is 7.55. The van der Waals surface area contributed by atoms with Gasteiger partial charge in [0.25, 0.3) is 0 Å². The van der Waals surface area contributed by atoms with Gasteiger partial charge in [0.1, 0.15) is 11.1 Å². The summed E-state index contributed by atoms with van der Waals surface area (Å²) in [6.45, 7) is 4.38. The highest BCUT2D eigenvalue weighted by Gasteiger charge is 2.44. The fraction of sp³-hybridized carbons (Fsp3) is 0.0909. The van der Waals surface area contributed by atoms with E-state index in [4.69, 9.17) is 9.47 Å². The van der Waals surface area contributed by atoms with Gasteiger partial charge in [0, 0.05) is 11.1 Å². The molecule has 3 heterocycles. The first-order chi connectivity index (χ1) is 18.4. The molecule has 5 nitrogen and oxygen atoms in total. The molecule has 0 N–H and O–H groups in total. The number of hydrogen-bond acceptors (Lipinski definition) is 5. The average Bonchev–Trinajstić information content (AvgIpc) is 3.42. The van der Waals surface area contributed by atoms with Crippen LogP contribution in [-0.4, -0.2) is 11.9 Å². The highest BCUT2D eigenvalue weighted by atomic mass is 16.6. The lowest BCUT2D eigenvalue weighted by Gasteiger charge is -2.42. The quantitative estimate of drug-likeness (QED) is 0.284. The SMILES string of the molecule is CC1(C)c2ccccc2N(c2ccccc2)c2ccc(C3=C4OC(=O)C(c5ccccc5)=C4OC3=O)cc21. The Morgan fingerprint density at radius 1 is 0.579 bits per heavy atom. The van der Waals surface area contributed by atoms with Crippen molar-refractivity contribution in [1.29, 1.82) is 0 Å². The molecule has 5 heteroatoms. The zero-order valence-electron chi connectivity index (χ0n) is 20.9. The summed E-state index contributed by atoms with van der Waals surface area (Å²) < 4.78 is 11.3. The van der Waals surface area contributed by atoms with Crippen LogP contribution in [0.25, 0.3) is 11.1 Å². The number of carbonyl (C=O) groups is 2. The van der Waals surface area contributed by atoms with Gasteiger partial charge in [-0.1, -0.05) is 86.6 Å². The van der Waals surface area contributed by atoms with Gasteiger partial charge in [-0.3, -0.25) is 0 Å². The van der Waals surface area contributed by atoms with Crippen LogP contribution in [0.15, 0.2) is 115 Å². The molecule has 3 aliphatic rings. The van der Waals surface area contributed by atoms with E-state index in [0.29, 0.717) is 11.1 Å². The lowest BCUT2D eigenvalue weighted by atomic mass is 9.73. The number of nitrogens with zero attached hydrogens (tertiary/aromatic N) is 1. The van der Waals surface area contributed by atoms with E-state index in [-0.39, 0.29) is 28.1 Å². The second-order valence-corrected chi connectivity index (χ2v) is 10.1. The standard InChI is InChI=1S/C33H23NO4/c1-33(2)23-15-9-10-16-25(23)34(22-13-7-4-8-14-22)26-18-17-21(19-24(26)33)28-30-29(37-32(28)36)27(31(35)38-30)20-11-5-3-6-12-20/h3-19H,1-2H3. The van der Waals surface area contributed by atoms with Crippen LogP contribution in [0.5, 0.6) is 0 Å². The van der Waals surface area contributed by atoms with Gasteiger partial charge in [0.15, 0.2) is 11.5 Å². The Balaban J connectivity index is 1.42. The topological polar surface area (TPSA) is 55.8 Å². The molecule has 0 atom stereocenters. The van der Waals surface area contributed by atoms with Crippen LogP contribution >= 0.6 is 0 Å². The third-order valence-electron chi connectivity index (χ3n) is 7.55. The number of anilines is 3. The molecule has 0 fully saturated rings. The molecule has 0 aromatic heterocycles. The first-order valence-corrected chi connectivity index (χ1v) is 12.5. The van der Waals surface area contributed by atoms with Gasteiger partial charge in [0.05, 0.1) is 11.4 Å². The number of ether oxygens (including phenoxy) is 2. The summed E-state index contributed by atoms with van der Waals surface area (Å²) in [4.78, 5) is 28.3. The van der Waals surface area contributed by atoms with Gasteiger partial charge in [-0.15, -0.1) is 0 Å². The lowest BCUT2D eigenvalue weighted by Crippen LogP contribution is -2.30. The van der Waals surface area contributed by atoms with E-state index in [2.05, 4.69) is 55.1 Å². The maximum absolute atomic E-state index is 13.2. The van der Waals surface area contributed by atoms with E-state index < -0.39 is 11.9 Å². The number of benzene rings is 4. The van der Waals surface area contributed by atoms with Gasteiger partial charge in [-0.05, 0) is 52.6 Å². The van der Waals surface area contributed by atoms with Crippen molar-refractivity contribution < 1.29 is 19.1 Å². The maximum Gasteiger partial charge on any atom is 0.348 e. The van der Waals surface area contributed by atoms with Crippen molar-refractivity contribution in [3.63, 3.8) is 0 Å². The maximum atomic E-state index is 13.2. The van der Waals surface area contributed by atoms with Crippen molar-refractivity contribution in [1.82, 2.24) is 0 Å². The van der Waals surface area contributed by atoms with E-state index in [0.717, 1.165) is 22.6 Å². The summed E-state index contributed by atoms with van der Waals surface area (Å²) >= 11 is 0. The number of rotatable bonds is 3. The van der Waals surface area contributed by atoms with Crippen LogP contribution < -0.4 is 4.90 Å². The zero-order valence-corrected chi connectivity index (χ0v) is 20.9. The minimum atomic E-state index is -0.523. The second-order valence-electron chi connectivity index (χ2n) is 10.1. The molecule has 0 saturated carbocycles. The van der Waals surface area contributed by atoms with Crippen molar-refractivity contribution in [2.75, 3.05) is 4.90 Å². The minimum absolute atomic E-state index is 0.188. The molecule has 3 aliphatic heterocycles. The minimum Gasteiger partial charge on any atom is -0.418 e. The number of carbonyl (C=O) groups excluding carboxylic acids is 2. The number of esters is 2. The van der Waals surface area contributed by atoms with Crippen molar-refractivity contribution in [2.24, 2.45) is 0 Å². The van der Waals surface area contributed by atoms with E-state index >= 15 is 0 Å². The Hall–Kier alpha value is -4.90. The van der Waals surface area contributed by atoms with Crippen molar-refractivity contribution in [3.8, 4) is 0 Å². The van der Waals surface area contributed by atoms with Gasteiger partial charge in [0.2, 0.25) is 0 Å². The average molecular weight is 498 g/mol. The molecule has 38 heavy (non-hydrogen) atoms. The highest BCUT2D eigenvalue weighted by molar-refractivity contribution is 6.29. The fourth-order valence-electron chi connectivity index (χ4n) is 5.71. The predicted octanol–water partition coefficient (Wildman–Crippen LogP) is 7.03. The first-order valence-electron chi connectivity index (χ1n) is 12.5. The van der Waals surface area contributed by atoms with E-state index in [1.54, 1.807) is 12.1 Å². The smallest absolute Gasteiger partial charge is 0.348 e. The van der Waals surface area contributed by atoms with Gasteiger partial charge >= 0.3 is 11.9 Å². The molecule has 0 aliphatic carbocycles. The Morgan fingerprint density at radius 2 is 1.13 bits per heavy atom. The van der Waals surface area contributed by atoms with Crippen molar-refractivity contribution in [2.45, 2.75) is 19.3 Å². The highest BCUT2D eigenvalue weighted by Crippen LogP contribution is 2.53. The summed E-state index contributed by atoms with van der Waals surface area (Å²) in [7, 11) is 0. The van der Waals surface area contributed by atoms with E-state index in [1.165, 1.54) is 5.56 Å². The Morgan fingerprint density at radius 3 is 1.82 bits per heavy atom. The largest absolute Gasteiger partial charge is 0.418 e. The lowest BCUT2D eigenvalue weighted by molar-refractivity contribution is -0.131. The molecule has 0 bridgehead atoms. The zero-order chi connectivity index (χ0) is 26.0. The Labute approximate surface area is 220 Å². The van der Waals surface area contributed by atoms with Crippen LogP contribution in [0.3, 0.4) is 0 Å². The van der Waals surface area contributed by atoms with Gasteiger partial charge in [-0.25, -0.2) is 9.59 Å². The molecule has 4 aromatic carbocycles. The molecule has 0 unspecified atom stereocenters. The van der Waals surface area contributed by atoms with E-state index in [9.17, 15) is 9.59 Å². The van der Waals surface area contributed by atoms with Crippen LogP contribution in [-0.2, 0) is 24.5 Å². The molecule has 4 aromatic rings. The molecule has 184 valence electrons. The molecular weight excluding hydrogens is 474 g/mol. The summed E-state index contributed by atoms with van der Waals surface area (Å²) in [5.74, 6) is -0.666. The summed E-state index contributed by atoms with van der Waals surface area (Å²) in [6.07, 6.45) is 0. The molecule has 7 rings (SSSR count). The summed E-state index contributed by atoms with van der Waals surface area (Å²) in [5, 5.41) is 0. The van der Waals surface area contributed by atoms with Crippen LogP contribution in [0.4, 0.5) is 17.1 Å². The second kappa shape index (κ2) is 8.05. The number of fused-ring (bicyclic) bond motifs is 3. The number of hydrogen-bond donors (Lipinski definition) is 0. The van der Waals surface area contributed by atoms with Gasteiger partial charge in [-0.2, -0.15) is 0 Å². The Kier molecular flexibility index (Phi) is 4.73. The van der Waals surface area contributed by atoms with Crippen LogP contribution in [0.1, 0.15) is 36.1 Å².